The van der Waals surface area contributed by atoms with Crippen LogP contribution in [0.1, 0.15) is 46.0 Å². The summed E-state index contributed by atoms with van der Waals surface area (Å²) >= 11 is 0. The van der Waals surface area contributed by atoms with E-state index in [1.165, 1.54) is 4.90 Å². The summed E-state index contributed by atoms with van der Waals surface area (Å²) in [5.74, 6) is -2.52. The lowest BCUT2D eigenvalue weighted by molar-refractivity contribution is -0.148. The van der Waals surface area contributed by atoms with E-state index in [0.29, 0.717) is 45.2 Å². The van der Waals surface area contributed by atoms with E-state index in [1.807, 2.05) is 0 Å². The molecule has 0 aliphatic carbocycles. The van der Waals surface area contributed by atoms with Crippen molar-refractivity contribution < 1.29 is 24.3 Å². The first-order chi connectivity index (χ1) is 13.2. The molecular formula is C18H33N5O5. The second-order valence-electron chi connectivity index (χ2n) is 7.42. The minimum atomic E-state index is -1.05. The number of hydrogen-bond donors (Lipinski definition) is 5. The third-order valence-electron chi connectivity index (χ3n) is 4.87. The highest BCUT2D eigenvalue weighted by atomic mass is 16.4. The predicted octanol–water partition coefficient (Wildman–Crippen LogP) is -1.22. The molecule has 3 unspecified atom stereocenters. The van der Waals surface area contributed by atoms with Crippen LogP contribution in [0.2, 0.25) is 0 Å². The number of nitrogens with two attached hydrogens (primary N) is 2. The van der Waals surface area contributed by atoms with Crippen LogP contribution in [0.15, 0.2) is 0 Å². The number of likely N-dealkylation sites (tertiary alicyclic amines) is 1. The Kier molecular flexibility index (Phi) is 9.88. The van der Waals surface area contributed by atoms with Crippen LogP contribution in [0, 0.1) is 5.92 Å². The van der Waals surface area contributed by atoms with Crippen LogP contribution in [0.25, 0.3) is 0 Å². The number of rotatable bonds is 11. The summed E-state index contributed by atoms with van der Waals surface area (Å²) in [4.78, 5) is 49.5. The van der Waals surface area contributed by atoms with E-state index in [4.69, 9.17) is 16.6 Å². The van der Waals surface area contributed by atoms with Gasteiger partial charge >= 0.3 is 5.97 Å². The van der Waals surface area contributed by atoms with Crippen LogP contribution < -0.4 is 22.1 Å². The van der Waals surface area contributed by atoms with E-state index in [9.17, 15) is 19.2 Å². The van der Waals surface area contributed by atoms with Gasteiger partial charge < -0.3 is 32.1 Å². The number of nitrogens with one attached hydrogen (secondary N) is 2. The fourth-order valence-corrected chi connectivity index (χ4v) is 3.04. The predicted molar refractivity (Wildman–Crippen MR) is 103 cm³/mol. The molecule has 10 nitrogen and oxygen atoms in total. The van der Waals surface area contributed by atoms with Crippen LogP contribution >= 0.6 is 0 Å². The number of carbonyl (C=O) groups excluding carboxylic acids is 3. The van der Waals surface area contributed by atoms with Crippen molar-refractivity contribution in [2.75, 3.05) is 19.6 Å². The Bertz CT molecular complexity index is 569. The van der Waals surface area contributed by atoms with Gasteiger partial charge in [0.2, 0.25) is 17.7 Å². The van der Waals surface area contributed by atoms with Gasteiger partial charge in [-0.2, -0.15) is 0 Å². The van der Waals surface area contributed by atoms with Crippen LogP contribution in [0.3, 0.4) is 0 Å². The Morgan fingerprint density at radius 1 is 1.18 bits per heavy atom. The number of carbonyl (C=O) groups is 4. The summed E-state index contributed by atoms with van der Waals surface area (Å²) in [5.41, 5.74) is 11.3. The first-order valence-corrected chi connectivity index (χ1v) is 9.75. The molecule has 0 radical (unpaired) electrons. The molecule has 1 aliphatic heterocycles. The Balaban J connectivity index is 2.65. The standard InChI is InChI=1S/C18H33N5O5/c1-11(2)15(20)17(26)22-12(6-3-4-8-19)16(25)21-10-14(24)23-9-5-7-13(23)18(27)28/h11-13,15H,3-10,19-20H2,1-2H3,(H,21,25)(H,22,26)(H,27,28). The molecular weight excluding hydrogens is 366 g/mol. The monoisotopic (exact) mass is 399 g/mol. The second kappa shape index (κ2) is 11.6. The largest absolute Gasteiger partial charge is 0.480 e. The smallest absolute Gasteiger partial charge is 0.326 e. The normalized spacial score (nSPS) is 18.6. The number of carboxylic acids is 1. The molecule has 1 saturated heterocycles. The Morgan fingerprint density at radius 2 is 1.86 bits per heavy atom. The van der Waals surface area contributed by atoms with E-state index in [1.54, 1.807) is 13.8 Å². The highest BCUT2D eigenvalue weighted by Gasteiger charge is 2.34. The summed E-state index contributed by atoms with van der Waals surface area (Å²) in [6, 6.07) is -2.42. The van der Waals surface area contributed by atoms with Crippen molar-refractivity contribution in [3.05, 3.63) is 0 Å². The van der Waals surface area contributed by atoms with Crippen LogP contribution in [0.5, 0.6) is 0 Å². The van der Waals surface area contributed by atoms with E-state index >= 15 is 0 Å². The maximum Gasteiger partial charge on any atom is 0.326 e. The van der Waals surface area contributed by atoms with Crippen molar-refractivity contribution >= 4 is 23.7 Å². The summed E-state index contributed by atoms with van der Waals surface area (Å²) in [6.45, 7) is 4.12. The molecule has 1 rings (SSSR count). The molecule has 1 aliphatic rings. The first-order valence-electron chi connectivity index (χ1n) is 9.75. The van der Waals surface area contributed by atoms with E-state index < -0.39 is 41.8 Å². The summed E-state index contributed by atoms with van der Waals surface area (Å²) in [7, 11) is 0. The van der Waals surface area contributed by atoms with Crippen molar-refractivity contribution in [2.24, 2.45) is 17.4 Å². The molecule has 7 N–H and O–H groups in total. The van der Waals surface area contributed by atoms with Gasteiger partial charge in [0.1, 0.15) is 12.1 Å². The number of amides is 3. The molecule has 3 atom stereocenters. The molecule has 0 bridgehead atoms. The summed E-state index contributed by atoms with van der Waals surface area (Å²) in [5, 5.41) is 14.3. The van der Waals surface area contributed by atoms with Crippen LogP contribution in [-0.4, -0.2) is 71.5 Å². The molecule has 1 heterocycles. The molecule has 0 aromatic heterocycles. The van der Waals surface area contributed by atoms with Gasteiger partial charge in [0.25, 0.3) is 0 Å². The van der Waals surface area contributed by atoms with E-state index in [2.05, 4.69) is 10.6 Å². The number of aliphatic carboxylic acids is 1. The number of carboxylic acid groups (broad SMARTS) is 1. The zero-order chi connectivity index (χ0) is 21.3. The van der Waals surface area contributed by atoms with Gasteiger partial charge in [0, 0.05) is 6.54 Å². The van der Waals surface area contributed by atoms with Crippen molar-refractivity contribution in [3.63, 3.8) is 0 Å². The number of unbranched alkanes of at least 4 members (excludes halogenated alkanes) is 1. The lowest BCUT2D eigenvalue weighted by Crippen LogP contribution is -2.54. The minimum Gasteiger partial charge on any atom is -0.480 e. The Hall–Kier alpha value is -2.20. The van der Waals surface area contributed by atoms with Gasteiger partial charge in [-0.15, -0.1) is 0 Å². The van der Waals surface area contributed by atoms with Crippen molar-refractivity contribution in [1.82, 2.24) is 15.5 Å². The number of nitrogens with zero attached hydrogens (tertiary/aromatic N) is 1. The highest BCUT2D eigenvalue weighted by molar-refractivity contribution is 5.92. The van der Waals surface area contributed by atoms with E-state index in [0.717, 1.165) is 0 Å². The zero-order valence-corrected chi connectivity index (χ0v) is 16.6. The van der Waals surface area contributed by atoms with Gasteiger partial charge in [0.15, 0.2) is 0 Å². The molecule has 0 spiro atoms. The minimum absolute atomic E-state index is 0.0857. The SMILES string of the molecule is CC(C)C(N)C(=O)NC(CCCCN)C(=O)NCC(=O)N1CCCC1C(=O)O. The molecule has 28 heavy (non-hydrogen) atoms. The van der Waals surface area contributed by atoms with Crippen molar-refractivity contribution in [1.29, 1.82) is 0 Å². The fraction of sp³-hybridized carbons (Fsp3) is 0.778. The summed E-state index contributed by atoms with van der Waals surface area (Å²) < 4.78 is 0. The van der Waals surface area contributed by atoms with Gasteiger partial charge in [-0.1, -0.05) is 13.8 Å². The number of hydrogen-bond acceptors (Lipinski definition) is 6. The third-order valence-corrected chi connectivity index (χ3v) is 4.87. The van der Waals surface area contributed by atoms with Gasteiger partial charge in [-0.3, -0.25) is 14.4 Å². The fourth-order valence-electron chi connectivity index (χ4n) is 3.04. The maximum absolute atomic E-state index is 12.5. The second-order valence-corrected chi connectivity index (χ2v) is 7.42. The molecule has 10 heteroatoms. The van der Waals surface area contributed by atoms with Gasteiger partial charge in [-0.05, 0) is 44.6 Å². The Morgan fingerprint density at radius 3 is 2.43 bits per heavy atom. The maximum atomic E-state index is 12.5. The van der Waals surface area contributed by atoms with E-state index in [-0.39, 0.29) is 12.5 Å². The average molecular weight is 399 g/mol. The quantitative estimate of drug-likeness (QED) is 0.271. The highest BCUT2D eigenvalue weighted by Crippen LogP contribution is 2.17. The molecule has 0 aromatic carbocycles. The molecule has 0 aromatic rings. The van der Waals surface area contributed by atoms with Crippen LogP contribution in [0.4, 0.5) is 0 Å². The van der Waals surface area contributed by atoms with Gasteiger partial charge in [0.05, 0.1) is 12.6 Å². The zero-order valence-electron chi connectivity index (χ0n) is 16.6. The molecule has 160 valence electrons. The van der Waals surface area contributed by atoms with Crippen molar-refractivity contribution in [2.45, 2.75) is 64.1 Å². The topological polar surface area (TPSA) is 168 Å². The van der Waals surface area contributed by atoms with Crippen LogP contribution in [-0.2, 0) is 19.2 Å². The lowest BCUT2D eigenvalue weighted by atomic mass is 10.0. The molecule has 3 amide bonds. The first kappa shape index (κ1) is 23.8. The van der Waals surface area contributed by atoms with Gasteiger partial charge in [-0.25, -0.2) is 4.79 Å². The third kappa shape index (κ3) is 7.08. The van der Waals surface area contributed by atoms with Crippen molar-refractivity contribution in [3.8, 4) is 0 Å². The molecule has 1 fully saturated rings. The molecule has 0 saturated carbocycles. The Labute approximate surface area is 165 Å². The lowest BCUT2D eigenvalue weighted by Gasteiger charge is -2.24. The summed E-state index contributed by atoms with van der Waals surface area (Å²) in [6.07, 6.45) is 2.71. The average Bonchev–Trinajstić information content (AvgIpc) is 3.14.